The molecule has 0 bridgehead atoms. The van der Waals surface area contributed by atoms with Crippen LogP contribution < -0.4 is 4.57 Å². The molecule has 1 heterocycles. The van der Waals surface area contributed by atoms with Crippen LogP contribution in [0.15, 0.2) is 18.7 Å². The van der Waals surface area contributed by atoms with Crippen LogP contribution in [-0.2, 0) is 18.4 Å². The fraction of sp³-hybridized carbons (Fsp3) is 0.600. The van der Waals surface area contributed by atoms with Gasteiger partial charge in [-0.2, -0.15) is 0 Å². The SMILES string of the molecule is CC(=O)CCCCn1cc[n+](C)c1. The van der Waals surface area contributed by atoms with Gasteiger partial charge in [-0.15, -0.1) is 0 Å². The highest BCUT2D eigenvalue weighted by Crippen LogP contribution is 1.98. The summed E-state index contributed by atoms with van der Waals surface area (Å²) in [6.45, 7) is 2.66. The molecule has 0 aliphatic rings. The van der Waals surface area contributed by atoms with Gasteiger partial charge in [0.2, 0.25) is 6.33 Å². The van der Waals surface area contributed by atoms with Crippen molar-refractivity contribution in [2.75, 3.05) is 0 Å². The van der Waals surface area contributed by atoms with Crippen molar-refractivity contribution in [3.8, 4) is 0 Å². The molecule has 1 aromatic rings. The first-order chi connectivity index (χ1) is 6.18. The molecule has 0 aliphatic carbocycles. The molecule has 0 spiro atoms. The Morgan fingerprint density at radius 1 is 1.46 bits per heavy atom. The number of nitrogens with zero attached hydrogens (tertiary/aromatic N) is 2. The van der Waals surface area contributed by atoms with Gasteiger partial charge in [0.05, 0.1) is 13.6 Å². The summed E-state index contributed by atoms with van der Waals surface area (Å²) in [6.07, 6.45) is 8.91. The van der Waals surface area contributed by atoms with Crippen molar-refractivity contribution in [3.63, 3.8) is 0 Å². The number of rotatable bonds is 5. The minimum atomic E-state index is 0.290. The van der Waals surface area contributed by atoms with Gasteiger partial charge in [0.1, 0.15) is 18.2 Å². The van der Waals surface area contributed by atoms with Crippen LogP contribution in [0, 0.1) is 0 Å². The monoisotopic (exact) mass is 181 g/mol. The summed E-state index contributed by atoms with van der Waals surface area (Å²) < 4.78 is 4.16. The number of carbonyl (C=O) groups is 1. The van der Waals surface area contributed by atoms with E-state index in [4.69, 9.17) is 0 Å². The second kappa shape index (κ2) is 4.80. The molecule has 0 radical (unpaired) electrons. The molecule has 0 N–H and O–H groups in total. The number of carbonyl (C=O) groups excluding carboxylic acids is 1. The van der Waals surface area contributed by atoms with E-state index in [1.165, 1.54) is 0 Å². The Morgan fingerprint density at radius 3 is 2.77 bits per heavy atom. The molecule has 1 rings (SSSR count). The smallest absolute Gasteiger partial charge is 0.243 e. The van der Waals surface area contributed by atoms with Gasteiger partial charge in [-0.25, -0.2) is 9.13 Å². The molecule has 3 nitrogen and oxygen atoms in total. The Labute approximate surface area is 79.0 Å². The fourth-order valence-corrected chi connectivity index (χ4v) is 1.30. The van der Waals surface area contributed by atoms with Crippen LogP contribution in [-0.4, -0.2) is 10.4 Å². The summed E-state index contributed by atoms with van der Waals surface area (Å²) in [7, 11) is 2.01. The van der Waals surface area contributed by atoms with Gasteiger partial charge in [0.25, 0.3) is 0 Å². The Bertz CT molecular complexity index is 278. The highest BCUT2D eigenvalue weighted by atomic mass is 16.1. The van der Waals surface area contributed by atoms with Gasteiger partial charge < -0.3 is 4.79 Å². The van der Waals surface area contributed by atoms with E-state index in [0.29, 0.717) is 6.42 Å². The number of ketones is 1. The third-order valence-electron chi connectivity index (χ3n) is 2.02. The summed E-state index contributed by atoms with van der Waals surface area (Å²) in [5, 5.41) is 0. The average molecular weight is 181 g/mol. The van der Waals surface area contributed by atoms with Crippen LogP contribution in [0.1, 0.15) is 26.2 Å². The Kier molecular flexibility index (Phi) is 3.68. The molecule has 0 fully saturated rings. The van der Waals surface area contributed by atoms with E-state index < -0.39 is 0 Å². The van der Waals surface area contributed by atoms with E-state index in [2.05, 4.69) is 4.57 Å². The maximum Gasteiger partial charge on any atom is 0.243 e. The van der Waals surface area contributed by atoms with Crippen LogP contribution in [0.3, 0.4) is 0 Å². The molecule has 0 unspecified atom stereocenters. The first kappa shape index (κ1) is 9.96. The Morgan fingerprint density at radius 2 is 2.23 bits per heavy atom. The second-order valence-electron chi connectivity index (χ2n) is 3.48. The number of unbranched alkanes of at least 4 members (excludes halogenated alkanes) is 1. The van der Waals surface area contributed by atoms with E-state index in [9.17, 15) is 4.79 Å². The summed E-state index contributed by atoms with van der Waals surface area (Å²) in [5.74, 6) is 0.290. The zero-order chi connectivity index (χ0) is 9.68. The minimum absolute atomic E-state index is 0.290. The Balaban J connectivity index is 2.16. The molecule has 0 atom stereocenters. The lowest BCUT2D eigenvalue weighted by molar-refractivity contribution is -0.671. The molecule has 72 valence electrons. The molecule has 0 amide bonds. The minimum Gasteiger partial charge on any atom is -0.300 e. The highest BCUT2D eigenvalue weighted by molar-refractivity contribution is 5.75. The number of aromatic nitrogens is 2. The van der Waals surface area contributed by atoms with E-state index in [0.717, 1.165) is 19.4 Å². The van der Waals surface area contributed by atoms with E-state index in [1.54, 1.807) is 6.92 Å². The summed E-state index contributed by atoms with van der Waals surface area (Å²) in [6, 6.07) is 0. The van der Waals surface area contributed by atoms with Crippen molar-refractivity contribution < 1.29 is 9.36 Å². The third-order valence-corrected chi connectivity index (χ3v) is 2.02. The summed E-state index contributed by atoms with van der Waals surface area (Å²) >= 11 is 0. The van der Waals surface area contributed by atoms with Gasteiger partial charge in [-0.05, 0) is 19.8 Å². The Hall–Kier alpha value is -1.12. The highest BCUT2D eigenvalue weighted by Gasteiger charge is 1.99. The van der Waals surface area contributed by atoms with E-state index >= 15 is 0 Å². The normalized spacial score (nSPS) is 10.3. The third kappa shape index (κ3) is 3.87. The molecular formula is C10H17N2O+. The maximum atomic E-state index is 10.6. The number of hydrogen-bond donors (Lipinski definition) is 0. The second-order valence-corrected chi connectivity index (χ2v) is 3.48. The lowest BCUT2D eigenvalue weighted by Gasteiger charge is -1.95. The van der Waals surface area contributed by atoms with E-state index in [-0.39, 0.29) is 5.78 Å². The maximum absolute atomic E-state index is 10.6. The van der Waals surface area contributed by atoms with Crippen molar-refractivity contribution in [1.82, 2.24) is 4.57 Å². The number of hydrogen-bond acceptors (Lipinski definition) is 1. The van der Waals surface area contributed by atoms with Crippen LogP contribution in [0.2, 0.25) is 0 Å². The largest absolute Gasteiger partial charge is 0.300 e. The quantitative estimate of drug-likeness (QED) is 0.493. The molecule has 0 aliphatic heterocycles. The van der Waals surface area contributed by atoms with Crippen LogP contribution in [0.4, 0.5) is 0 Å². The van der Waals surface area contributed by atoms with Crippen molar-refractivity contribution in [1.29, 1.82) is 0 Å². The molecule has 0 saturated heterocycles. The molecule has 3 heteroatoms. The predicted molar refractivity (Wildman–Crippen MR) is 50.1 cm³/mol. The van der Waals surface area contributed by atoms with Crippen LogP contribution in [0.25, 0.3) is 0 Å². The predicted octanol–water partition coefficient (Wildman–Crippen LogP) is 1.07. The van der Waals surface area contributed by atoms with Crippen molar-refractivity contribution >= 4 is 5.78 Å². The number of imidazole rings is 1. The topological polar surface area (TPSA) is 25.9 Å². The molecule has 1 aromatic heterocycles. The fourth-order valence-electron chi connectivity index (χ4n) is 1.30. The van der Waals surface area contributed by atoms with Crippen molar-refractivity contribution in [2.24, 2.45) is 7.05 Å². The van der Waals surface area contributed by atoms with Crippen LogP contribution >= 0.6 is 0 Å². The molecule has 0 aromatic carbocycles. The molecule has 13 heavy (non-hydrogen) atoms. The van der Waals surface area contributed by atoms with Gasteiger partial charge in [-0.3, -0.25) is 0 Å². The first-order valence-electron chi connectivity index (χ1n) is 4.69. The number of Topliss-reactive ketones (excluding diaryl/α,β-unsaturated/α-hetero) is 1. The standard InChI is InChI=1S/C10H17N2O/c1-10(13)5-3-4-6-12-8-7-11(2)9-12/h7-9H,3-6H2,1-2H3/q+1. The lowest BCUT2D eigenvalue weighted by Crippen LogP contribution is -2.23. The first-order valence-corrected chi connectivity index (χ1v) is 4.69. The van der Waals surface area contributed by atoms with Gasteiger partial charge in [0.15, 0.2) is 0 Å². The zero-order valence-electron chi connectivity index (χ0n) is 8.36. The molecular weight excluding hydrogens is 164 g/mol. The zero-order valence-corrected chi connectivity index (χ0v) is 8.36. The lowest BCUT2D eigenvalue weighted by atomic mass is 10.2. The van der Waals surface area contributed by atoms with Crippen molar-refractivity contribution in [2.45, 2.75) is 32.7 Å². The van der Waals surface area contributed by atoms with Crippen molar-refractivity contribution in [3.05, 3.63) is 18.7 Å². The summed E-state index contributed by atoms with van der Waals surface area (Å²) in [5.41, 5.74) is 0. The summed E-state index contributed by atoms with van der Waals surface area (Å²) in [4.78, 5) is 10.6. The van der Waals surface area contributed by atoms with E-state index in [1.807, 2.05) is 30.3 Å². The van der Waals surface area contributed by atoms with Gasteiger partial charge >= 0.3 is 0 Å². The number of aryl methyl sites for hydroxylation is 2. The average Bonchev–Trinajstić information content (AvgIpc) is 2.45. The van der Waals surface area contributed by atoms with Gasteiger partial charge in [0, 0.05) is 6.42 Å². The van der Waals surface area contributed by atoms with Gasteiger partial charge in [-0.1, -0.05) is 0 Å². The van der Waals surface area contributed by atoms with Crippen LogP contribution in [0.5, 0.6) is 0 Å². The molecule has 0 saturated carbocycles.